The summed E-state index contributed by atoms with van der Waals surface area (Å²) < 4.78 is 0. The van der Waals surface area contributed by atoms with Crippen LogP contribution in [0.5, 0.6) is 5.75 Å². The fraction of sp³-hybridized carbons (Fsp3) is 0.143. The van der Waals surface area contributed by atoms with Crippen molar-refractivity contribution in [2.45, 2.75) is 13.5 Å². The van der Waals surface area contributed by atoms with Crippen molar-refractivity contribution in [3.63, 3.8) is 0 Å². The number of nitrogens with zero attached hydrogens (tertiary/aromatic N) is 1. The van der Waals surface area contributed by atoms with Gasteiger partial charge in [0.05, 0.1) is 0 Å². The zero-order valence-corrected chi connectivity index (χ0v) is 19.4. The van der Waals surface area contributed by atoms with Crippen LogP contribution in [0.3, 0.4) is 0 Å². The number of rotatable bonds is 5. The third kappa shape index (κ3) is 6.82. The molecule has 3 rings (SSSR count). The van der Waals surface area contributed by atoms with Crippen LogP contribution in [-0.2, 0) is 23.6 Å². The van der Waals surface area contributed by atoms with Crippen molar-refractivity contribution in [1.82, 2.24) is 0 Å². The summed E-state index contributed by atoms with van der Waals surface area (Å²) in [5.41, 5.74) is 3.79. The topological polar surface area (TPSA) is 23.5 Å². The first kappa shape index (κ1) is 22.3. The van der Waals surface area contributed by atoms with Crippen molar-refractivity contribution in [2.24, 2.45) is 0 Å². The number of hydrogen-bond acceptors (Lipinski definition) is 2. The SMILES string of the molecule is Cc1cccc(CN(C)c2ccccc2)c1Pc1ccccc1O.[Cl][Ti][Cl]. The van der Waals surface area contributed by atoms with E-state index in [0.717, 1.165) is 11.8 Å². The molecule has 0 heterocycles. The second-order valence-corrected chi connectivity index (χ2v) is 9.88. The Labute approximate surface area is 180 Å². The minimum absolute atomic E-state index is 0.376. The number of anilines is 1. The van der Waals surface area contributed by atoms with Gasteiger partial charge in [-0.05, 0) is 41.6 Å². The van der Waals surface area contributed by atoms with Gasteiger partial charge in [-0.3, -0.25) is 0 Å². The Morgan fingerprint density at radius 1 is 0.926 bits per heavy atom. The van der Waals surface area contributed by atoms with Gasteiger partial charge in [-0.15, -0.1) is 0 Å². The molecule has 0 bridgehead atoms. The average Bonchev–Trinajstić information content (AvgIpc) is 2.67. The molecule has 1 unspecified atom stereocenters. The quantitative estimate of drug-likeness (QED) is 0.416. The summed E-state index contributed by atoms with van der Waals surface area (Å²) in [5, 5.41) is 12.4. The molecule has 1 N–H and O–H groups in total. The molecule has 0 saturated carbocycles. The number of para-hydroxylation sites is 2. The number of hydrogen-bond donors (Lipinski definition) is 1. The number of benzene rings is 3. The van der Waals surface area contributed by atoms with E-state index < -0.39 is 17.0 Å². The van der Waals surface area contributed by atoms with Gasteiger partial charge in [0.25, 0.3) is 0 Å². The first-order chi connectivity index (χ1) is 13.1. The predicted octanol–water partition coefficient (Wildman–Crippen LogP) is 5.34. The van der Waals surface area contributed by atoms with Crippen molar-refractivity contribution in [3.05, 3.63) is 83.9 Å². The maximum absolute atomic E-state index is 10.1. The van der Waals surface area contributed by atoms with E-state index in [1.165, 1.54) is 22.1 Å². The third-order valence-corrected chi connectivity index (χ3v) is 5.78. The zero-order valence-electron chi connectivity index (χ0n) is 15.3. The van der Waals surface area contributed by atoms with Crippen LogP contribution in [0.1, 0.15) is 11.1 Å². The molecule has 6 heteroatoms. The van der Waals surface area contributed by atoms with Gasteiger partial charge < -0.3 is 10.0 Å². The van der Waals surface area contributed by atoms with Crippen LogP contribution in [0.15, 0.2) is 72.8 Å². The van der Waals surface area contributed by atoms with E-state index in [0.29, 0.717) is 14.3 Å². The maximum atomic E-state index is 10.1. The Balaban J connectivity index is 0.000000817. The van der Waals surface area contributed by atoms with Gasteiger partial charge in [0, 0.05) is 24.6 Å². The van der Waals surface area contributed by atoms with E-state index in [4.69, 9.17) is 18.6 Å². The molecule has 0 aliphatic rings. The molecule has 1 atom stereocenters. The van der Waals surface area contributed by atoms with Crippen LogP contribution in [0.2, 0.25) is 0 Å². The molecule has 0 saturated heterocycles. The van der Waals surface area contributed by atoms with Crippen molar-refractivity contribution in [2.75, 3.05) is 11.9 Å². The molecule has 3 aromatic rings. The Kier molecular flexibility index (Phi) is 9.69. The zero-order chi connectivity index (χ0) is 19.6. The summed E-state index contributed by atoms with van der Waals surface area (Å²) in [6.07, 6.45) is 0. The first-order valence-electron chi connectivity index (χ1n) is 8.42. The summed E-state index contributed by atoms with van der Waals surface area (Å²) >= 11 is -0.556. The monoisotopic (exact) mass is 453 g/mol. The minimum atomic E-state index is -0.556. The second-order valence-electron chi connectivity index (χ2n) is 6.01. The fourth-order valence-electron chi connectivity index (χ4n) is 2.78. The molecule has 3 aromatic carbocycles. The van der Waals surface area contributed by atoms with E-state index in [1.807, 2.05) is 24.3 Å². The van der Waals surface area contributed by atoms with Gasteiger partial charge >= 0.3 is 35.6 Å². The molecule has 2 nitrogen and oxygen atoms in total. The van der Waals surface area contributed by atoms with Crippen molar-refractivity contribution in [1.29, 1.82) is 0 Å². The Morgan fingerprint density at radius 2 is 1.56 bits per heavy atom. The molecule has 0 amide bonds. The summed E-state index contributed by atoms with van der Waals surface area (Å²) in [5.74, 6) is 0.376. The van der Waals surface area contributed by atoms with Crippen molar-refractivity contribution in [3.8, 4) is 5.75 Å². The van der Waals surface area contributed by atoms with Crippen LogP contribution >= 0.6 is 27.2 Å². The number of aromatic hydroxyl groups is 1. The van der Waals surface area contributed by atoms with E-state index in [-0.39, 0.29) is 0 Å². The van der Waals surface area contributed by atoms with Gasteiger partial charge in [-0.2, -0.15) is 0 Å². The number of halogens is 2. The summed E-state index contributed by atoms with van der Waals surface area (Å²) in [4.78, 5) is 2.26. The van der Waals surface area contributed by atoms with Gasteiger partial charge in [0.1, 0.15) is 5.75 Å². The Hall–Kier alpha value is -1.02. The normalized spacial score (nSPS) is 10.4. The molecular formula is C21H22Cl2NOPTi. The Morgan fingerprint density at radius 3 is 2.22 bits per heavy atom. The number of phenols is 1. The standard InChI is InChI=1S/C21H22NOP.2ClH.Ti/c1-16-9-8-10-17(15-22(2)18-11-4-3-5-12-18)21(16)24-20-14-7-6-13-19(20)23;;;/h3-14,23-24H,15H2,1-2H3;2*1H;/q;;;+2/p-2. The van der Waals surface area contributed by atoms with E-state index >= 15 is 0 Å². The molecule has 0 radical (unpaired) electrons. The molecule has 0 spiro atoms. The predicted molar refractivity (Wildman–Crippen MR) is 117 cm³/mol. The summed E-state index contributed by atoms with van der Waals surface area (Å²) in [7, 11) is 12.3. The van der Waals surface area contributed by atoms with Crippen molar-refractivity contribution < 1.29 is 22.1 Å². The Bertz CT molecular complexity index is 849. The van der Waals surface area contributed by atoms with Gasteiger partial charge in [-0.1, -0.05) is 63.2 Å². The van der Waals surface area contributed by atoms with Crippen LogP contribution < -0.4 is 15.5 Å². The second kappa shape index (κ2) is 11.7. The van der Waals surface area contributed by atoms with Crippen LogP contribution in [0.4, 0.5) is 5.69 Å². The van der Waals surface area contributed by atoms with Crippen molar-refractivity contribution >= 4 is 43.5 Å². The van der Waals surface area contributed by atoms with Gasteiger partial charge in [0.15, 0.2) is 0 Å². The summed E-state index contributed by atoms with van der Waals surface area (Å²) in [6, 6.07) is 24.5. The molecule has 0 aliphatic heterocycles. The third-order valence-electron chi connectivity index (χ3n) is 4.13. The molecule has 140 valence electrons. The van der Waals surface area contributed by atoms with Gasteiger partial charge in [-0.25, -0.2) is 0 Å². The van der Waals surface area contributed by atoms with Crippen LogP contribution in [-0.4, -0.2) is 12.2 Å². The number of aryl methyl sites for hydroxylation is 1. The summed E-state index contributed by atoms with van der Waals surface area (Å²) in [6.45, 7) is 3.00. The average molecular weight is 454 g/mol. The van der Waals surface area contributed by atoms with E-state index in [2.05, 4.69) is 61.3 Å². The van der Waals surface area contributed by atoms with Crippen LogP contribution in [0, 0.1) is 6.92 Å². The molecule has 0 aromatic heterocycles. The molecule has 27 heavy (non-hydrogen) atoms. The van der Waals surface area contributed by atoms with Crippen LogP contribution in [0.25, 0.3) is 0 Å². The van der Waals surface area contributed by atoms with Gasteiger partial charge in [0.2, 0.25) is 0 Å². The number of phenolic OH excluding ortho intramolecular Hbond substituents is 1. The molecular weight excluding hydrogens is 432 g/mol. The fourth-order valence-corrected chi connectivity index (χ4v) is 4.05. The molecule has 0 fully saturated rings. The van der Waals surface area contributed by atoms with E-state index in [9.17, 15) is 5.11 Å². The first-order valence-corrected chi connectivity index (χ1v) is 13.7. The molecule has 0 aliphatic carbocycles. The van der Waals surface area contributed by atoms with E-state index in [1.54, 1.807) is 6.07 Å².